The second-order valence-electron chi connectivity index (χ2n) is 4.71. The van der Waals surface area contributed by atoms with E-state index in [9.17, 15) is 4.79 Å². The standard InChI is InChI=1S/C16H20O5S2/c1-18-11-6-9(7-12(19-2)16(11)20-3)14-15(21-14)10(17)8-13(22-4)23-5/h6-8,14-15H,1-5H3/t14-,15-/m1/s1. The molecule has 0 unspecified atom stereocenters. The predicted octanol–water partition coefficient (Wildman–Crippen LogP) is 3.29. The summed E-state index contributed by atoms with van der Waals surface area (Å²) in [5.41, 5.74) is 0.834. The topological polar surface area (TPSA) is 57.3 Å². The van der Waals surface area contributed by atoms with Gasteiger partial charge in [-0.25, -0.2) is 0 Å². The summed E-state index contributed by atoms with van der Waals surface area (Å²) in [6, 6.07) is 3.63. The van der Waals surface area contributed by atoms with Gasteiger partial charge in [-0.3, -0.25) is 4.79 Å². The Bertz CT molecular complexity index is 583. The van der Waals surface area contributed by atoms with Crippen molar-refractivity contribution < 1.29 is 23.7 Å². The lowest BCUT2D eigenvalue weighted by molar-refractivity contribution is -0.115. The van der Waals surface area contributed by atoms with E-state index in [4.69, 9.17) is 18.9 Å². The lowest BCUT2D eigenvalue weighted by atomic mass is 10.1. The van der Waals surface area contributed by atoms with Gasteiger partial charge in [0.1, 0.15) is 6.10 Å². The van der Waals surface area contributed by atoms with E-state index in [0.29, 0.717) is 17.2 Å². The highest BCUT2D eigenvalue weighted by Gasteiger charge is 2.45. The largest absolute Gasteiger partial charge is 0.493 e. The first-order valence-corrected chi connectivity index (χ1v) is 9.33. The average Bonchev–Trinajstić information content (AvgIpc) is 3.38. The van der Waals surface area contributed by atoms with Crippen LogP contribution < -0.4 is 14.2 Å². The molecule has 0 radical (unpaired) electrons. The number of epoxide rings is 1. The lowest BCUT2D eigenvalue weighted by Crippen LogP contribution is -2.05. The molecule has 2 rings (SSSR count). The Labute approximate surface area is 144 Å². The smallest absolute Gasteiger partial charge is 0.203 e. The van der Waals surface area contributed by atoms with Crippen molar-refractivity contribution in [3.8, 4) is 17.2 Å². The Balaban J connectivity index is 2.22. The van der Waals surface area contributed by atoms with E-state index in [2.05, 4.69) is 0 Å². The van der Waals surface area contributed by atoms with Crippen molar-refractivity contribution in [3.05, 3.63) is 28.0 Å². The molecule has 1 aromatic rings. The molecule has 1 aliphatic heterocycles. The zero-order chi connectivity index (χ0) is 17.0. The van der Waals surface area contributed by atoms with E-state index >= 15 is 0 Å². The molecule has 1 aromatic carbocycles. The molecule has 1 fully saturated rings. The van der Waals surface area contributed by atoms with Crippen molar-refractivity contribution in [3.63, 3.8) is 0 Å². The molecule has 0 bridgehead atoms. The maximum Gasteiger partial charge on any atom is 0.203 e. The minimum absolute atomic E-state index is 0.0255. The van der Waals surface area contributed by atoms with Gasteiger partial charge in [-0.1, -0.05) is 0 Å². The Morgan fingerprint density at radius 3 is 2.09 bits per heavy atom. The molecule has 0 spiro atoms. The summed E-state index contributed by atoms with van der Waals surface area (Å²) in [6.07, 6.45) is 4.79. The van der Waals surface area contributed by atoms with Crippen LogP contribution in [0.25, 0.3) is 0 Å². The zero-order valence-corrected chi connectivity index (χ0v) is 15.4. The number of rotatable bonds is 8. The van der Waals surface area contributed by atoms with Crippen LogP contribution in [0.3, 0.4) is 0 Å². The van der Waals surface area contributed by atoms with Crippen LogP contribution in [0.1, 0.15) is 11.7 Å². The monoisotopic (exact) mass is 356 g/mol. The molecule has 1 aliphatic rings. The molecule has 0 amide bonds. The quantitative estimate of drug-likeness (QED) is 0.523. The molecule has 5 nitrogen and oxygen atoms in total. The number of hydrogen-bond acceptors (Lipinski definition) is 7. The van der Waals surface area contributed by atoms with Gasteiger partial charge in [-0.05, 0) is 30.2 Å². The van der Waals surface area contributed by atoms with Crippen LogP contribution in [0, 0.1) is 0 Å². The van der Waals surface area contributed by atoms with Crippen molar-refractivity contribution in [2.45, 2.75) is 12.2 Å². The Hall–Kier alpha value is -1.31. The number of methoxy groups -OCH3 is 3. The molecule has 1 saturated heterocycles. The highest BCUT2D eigenvalue weighted by atomic mass is 32.2. The van der Waals surface area contributed by atoms with Crippen LogP contribution in [0.15, 0.2) is 22.4 Å². The second-order valence-corrected chi connectivity index (χ2v) is 6.66. The Kier molecular flexibility index (Phi) is 6.26. The number of ether oxygens (including phenoxy) is 4. The lowest BCUT2D eigenvalue weighted by Gasteiger charge is -2.13. The first-order chi connectivity index (χ1) is 11.1. The highest BCUT2D eigenvalue weighted by Crippen LogP contribution is 2.46. The molecule has 126 valence electrons. The van der Waals surface area contributed by atoms with Gasteiger partial charge in [0.15, 0.2) is 23.4 Å². The fourth-order valence-corrected chi connectivity index (χ4v) is 3.38. The van der Waals surface area contributed by atoms with E-state index in [0.717, 1.165) is 9.80 Å². The number of hydrogen-bond donors (Lipinski definition) is 0. The van der Waals surface area contributed by atoms with E-state index in [1.165, 1.54) is 0 Å². The van der Waals surface area contributed by atoms with Gasteiger partial charge in [0, 0.05) is 10.3 Å². The van der Waals surface area contributed by atoms with Crippen molar-refractivity contribution in [2.75, 3.05) is 33.8 Å². The van der Waals surface area contributed by atoms with Gasteiger partial charge in [-0.15, -0.1) is 23.5 Å². The second kappa shape index (κ2) is 7.99. The first-order valence-electron chi connectivity index (χ1n) is 6.88. The van der Waals surface area contributed by atoms with E-state index in [1.807, 2.05) is 24.6 Å². The molecule has 23 heavy (non-hydrogen) atoms. The van der Waals surface area contributed by atoms with Gasteiger partial charge < -0.3 is 18.9 Å². The fourth-order valence-electron chi connectivity index (χ4n) is 2.25. The maximum absolute atomic E-state index is 12.2. The summed E-state index contributed by atoms with van der Waals surface area (Å²) in [5.74, 6) is 1.60. The summed E-state index contributed by atoms with van der Waals surface area (Å²) in [7, 11) is 4.67. The van der Waals surface area contributed by atoms with Crippen molar-refractivity contribution in [1.82, 2.24) is 0 Å². The van der Waals surface area contributed by atoms with Gasteiger partial charge in [-0.2, -0.15) is 0 Å². The molecule has 0 aliphatic carbocycles. The molecular weight excluding hydrogens is 336 g/mol. The Morgan fingerprint density at radius 1 is 1.09 bits per heavy atom. The molecule has 2 atom stereocenters. The van der Waals surface area contributed by atoms with E-state index < -0.39 is 6.10 Å². The maximum atomic E-state index is 12.2. The SMILES string of the molecule is COc1cc([C@H]2O[C@@H]2C(=O)C=C(SC)SC)cc(OC)c1OC. The number of thioether (sulfide) groups is 2. The number of benzene rings is 1. The van der Waals surface area contributed by atoms with Gasteiger partial charge in [0.25, 0.3) is 0 Å². The van der Waals surface area contributed by atoms with Crippen molar-refractivity contribution >= 4 is 29.3 Å². The summed E-state index contributed by atoms with van der Waals surface area (Å²) in [6.45, 7) is 0. The normalized spacial score (nSPS) is 19.0. The van der Waals surface area contributed by atoms with Crippen LogP contribution in [0.5, 0.6) is 17.2 Å². The van der Waals surface area contributed by atoms with Crippen LogP contribution in [-0.4, -0.2) is 45.7 Å². The number of carbonyl (C=O) groups excluding carboxylic acids is 1. The number of carbonyl (C=O) groups is 1. The van der Waals surface area contributed by atoms with Gasteiger partial charge in [0.2, 0.25) is 5.75 Å². The third-order valence-electron chi connectivity index (χ3n) is 3.45. The van der Waals surface area contributed by atoms with E-state index in [1.54, 1.807) is 50.9 Å². The Morgan fingerprint density at radius 2 is 1.65 bits per heavy atom. The summed E-state index contributed by atoms with van der Waals surface area (Å²) < 4.78 is 22.5. The molecule has 0 saturated carbocycles. The van der Waals surface area contributed by atoms with Gasteiger partial charge >= 0.3 is 0 Å². The third kappa shape index (κ3) is 3.97. The highest BCUT2D eigenvalue weighted by molar-refractivity contribution is 8.21. The number of ketones is 1. The molecule has 0 N–H and O–H groups in total. The van der Waals surface area contributed by atoms with Crippen LogP contribution >= 0.6 is 23.5 Å². The van der Waals surface area contributed by atoms with E-state index in [-0.39, 0.29) is 11.9 Å². The molecular formula is C16H20O5S2. The van der Waals surface area contributed by atoms with Crippen LogP contribution in [0.4, 0.5) is 0 Å². The summed E-state index contributed by atoms with van der Waals surface area (Å²) in [4.78, 5) is 12.2. The van der Waals surface area contributed by atoms with Crippen LogP contribution in [0.2, 0.25) is 0 Å². The van der Waals surface area contributed by atoms with Crippen LogP contribution in [-0.2, 0) is 9.53 Å². The minimum atomic E-state index is -0.452. The van der Waals surface area contributed by atoms with Gasteiger partial charge in [0.05, 0.1) is 21.3 Å². The predicted molar refractivity (Wildman–Crippen MR) is 93.8 cm³/mol. The molecule has 1 heterocycles. The van der Waals surface area contributed by atoms with Crippen molar-refractivity contribution in [1.29, 1.82) is 0 Å². The fraction of sp³-hybridized carbons (Fsp3) is 0.438. The average molecular weight is 356 g/mol. The molecule has 0 aromatic heterocycles. The zero-order valence-electron chi connectivity index (χ0n) is 13.7. The van der Waals surface area contributed by atoms with Crippen molar-refractivity contribution in [2.24, 2.45) is 0 Å². The summed E-state index contributed by atoms with van der Waals surface area (Å²) >= 11 is 3.10. The first kappa shape index (κ1) is 18.0. The summed E-state index contributed by atoms with van der Waals surface area (Å²) in [5, 5.41) is 0. The molecule has 7 heteroatoms. The third-order valence-corrected chi connectivity index (χ3v) is 5.49. The minimum Gasteiger partial charge on any atom is -0.493 e.